The van der Waals surface area contributed by atoms with Crippen molar-refractivity contribution in [2.45, 2.75) is 0 Å². The summed E-state index contributed by atoms with van der Waals surface area (Å²) in [7, 11) is 0. The second kappa shape index (κ2) is 3.20. The Morgan fingerprint density at radius 1 is 1.00 bits per heavy atom. The summed E-state index contributed by atoms with van der Waals surface area (Å²) < 4.78 is 0. The molecule has 3 rings (SSSR count). The van der Waals surface area contributed by atoms with Crippen LogP contribution < -0.4 is 0 Å². The minimum absolute atomic E-state index is 0.766. The molecule has 0 bridgehead atoms. The molecule has 0 unspecified atom stereocenters. The van der Waals surface area contributed by atoms with E-state index < -0.39 is 0 Å². The Bertz CT molecular complexity index is 584. The molecule has 0 amide bonds. The van der Waals surface area contributed by atoms with Crippen molar-refractivity contribution in [1.29, 1.82) is 0 Å². The molecule has 1 N–H and O–H groups in total. The second-order valence-electron chi connectivity index (χ2n) is 3.34. The molecule has 0 radical (unpaired) electrons. The topological polar surface area (TPSA) is 41.6 Å². The van der Waals surface area contributed by atoms with Gasteiger partial charge in [0.05, 0.1) is 17.2 Å². The summed E-state index contributed by atoms with van der Waals surface area (Å²) in [5, 5.41) is 0. The van der Waals surface area contributed by atoms with Crippen molar-refractivity contribution >= 4 is 11.0 Å². The quantitative estimate of drug-likeness (QED) is 0.648. The highest BCUT2D eigenvalue weighted by molar-refractivity contribution is 5.76. The molecular formula is C12H9N3. The highest BCUT2D eigenvalue weighted by Crippen LogP contribution is 2.16. The van der Waals surface area contributed by atoms with Gasteiger partial charge in [0.15, 0.2) is 5.82 Å². The molecule has 15 heavy (non-hydrogen) atoms. The zero-order chi connectivity index (χ0) is 10.1. The monoisotopic (exact) mass is 195 g/mol. The van der Waals surface area contributed by atoms with Crippen molar-refractivity contribution < 1.29 is 0 Å². The van der Waals surface area contributed by atoms with E-state index in [0.29, 0.717) is 0 Å². The number of rotatable bonds is 1. The molecule has 0 spiro atoms. The molecule has 0 aliphatic heterocycles. The van der Waals surface area contributed by atoms with Gasteiger partial charge < -0.3 is 4.98 Å². The summed E-state index contributed by atoms with van der Waals surface area (Å²) in [4.78, 5) is 11.8. The molecule has 2 heterocycles. The van der Waals surface area contributed by atoms with Gasteiger partial charge in [-0.25, -0.2) is 9.97 Å². The average molecular weight is 195 g/mol. The van der Waals surface area contributed by atoms with Gasteiger partial charge in [-0.05, 0) is 6.07 Å². The Balaban J connectivity index is 2.19. The summed E-state index contributed by atoms with van der Waals surface area (Å²) in [5.41, 5.74) is 2.96. The lowest BCUT2D eigenvalue weighted by Crippen LogP contribution is -1.87. The molecule has 0 aliphatic rings. The standard InChI is InChI=1S/C12H9N3/c1-2-4-9(5-3-1)12-14-8-11-10(15-12)6-7-13-11/h1-8,13H. The predicted molar refractivity (Wildman–Crippen MR) is 59.3 cm³/mol. The molecule has 0 saturated heterocycles. The Kier molecular flexibility index (Phi) is 1.75. The first-order valence-corrected chi connectivity index (χ1v) is 4.79. The summed E-state index contributed by atoms with van der Waals surface area (Å²) >= 11 is 0. The van der Waals surface area contributed by atoms with Gasteiger partial charge in [-0.15, -0.1) is 0 Å². The number of hydrogen-bond acceptors (Lipinski definition) is 2. The molecule has 0 saturated carbocycles. The minimum Gasteiger partial charge on any atom is -0.359 e. The van der Waals surface area contributed by atoms with Crippen molar-refractivity contribution in [1.82, 2.24) is 15.0 Å². The van der Waals surface area contributed by atoms with Gasteiger partial charge in [-0.3, -0.25) is 0 Å². The van der Waals surface area contributed by atoms with Crippen molar-refractivity contribution in [3.63, 3.8) is 0 Å². The van der Waals surface area contributed by atoms with Crippen LogP contribution in [0.5, 0.6) is 0 Å². The molecule has 3 heteroatoms. The maximum Gasteiger partial charge on any atom is 0.159 e. The summed E-state index contributed by atoms with van der Waals surface area (Å²) in [6, 6.07) is 11.9. The molecule has 3 aromatic rings. The lowest BCUT2D eigenvalue weighted by molar-refractivity contribution is 1.22. The summed E-state index contributed by atoms with van der Waals surface area (Å²) in [6.45, 7) is 0. The van der Waals surface area contributed by atoms with Gasteiger partial charge in [0, 0.05) is 11.8 Å². The lowest BCUT2D eigenvalue weighted by Gasteiger charge is -1.98. The first-order chi connectivity index (χ1) is 7.43. The molecule has 72 valence electrons. The van der Waals surface area contributed by atoms with Gasteiger partial charge in [-0.2, -0.15) is 0 Å². The molecule has 2 aromatic heterocycles. The fourth-order valence-corrected chi connectivity index (χ4v) is 1.57. The zero-order valence-corrected chi connectivity index (χ0v) is 8.01. The molecule has 0 aliphatic carbocycles. The fourth-order valence-electron chi connectivity index (χ4n) is 1.57. The van der Waals surface area contributed by atoms with E-state index in [1.807, 2.05) is 48.8 Å². The van der Waals surface area contributed by atoms with Gasteiger partial charge >= 0.3 is 0 Å². The number of H-pyrrole nitrogens is 1. The fraction of sp³-hybridized carbons (Fsp3) is 0. The minimum atomic E-state index is 0.766. The van der Waals surface area contributed by atoms with Crippen molar-refractivity contribution in [2.75, 3.05) is 0 Å². The van der Waals surface area contributed by atoms with Crippen molar-refractivity contribution in [3.05, 3.63) is 48.8 Å². The third-order valence-corrected chi connectivity index (χ3v) is 2.33. The largest absolute Gasteiger partial charge is 0.359 e. The SMILES string of the molecule is c1ccc(-c2ncc3[nH]ccc3n2)cc1. The first kappa shape index (κ1) is 8.17. The van der Waals surface area contributed by atoms with Crippen LogP contribution in [-0.2, 0) is 0 Å². The maximum absolute atomic E-state index is 4.46. The van der Waals surface area contributed by atoms with E-state index in [9.17, 15) is 0 Å². The summed E-state index contributed by atoms with van der Waals surface area (Å²) in [6.07, 6.45) is 3.68. The Hall–Kier alpha value is -2.16. The number of aromatic amines is 1. The van der Waals surface area contributed by atoms with Crippen LogP contribution in [0.15, 0.2) is 48.8 Å². The van der Waals surface area contributed by atoms with Crippen LogP contribution in [0.2, 0.25) is 0 Å². The third-order valence-electron chi connectivity index (χ3n) is 2.33. The summed E-state index contributed by atoms with van der Waals surface area (Å²) in [5.74, 6) is 0.766. The van der Waals surface area contributed by atoms with Crippen LogP contribution in [0.4, 0.5) is 0 Å². The van der Waals surface area contributed by atoms with Crippen LogP contribution in [0.1, 0.15) is 0 Å². The van der Waals surface area contributed by atoms with Gasteiger partial charge in [0.25, 0.3) is 0 Å². The van der Waals surface area contributed by atoms with E-state index in [-0.39, 0.29) is 0 Å². The number of aromatic nitrogens is 3. The predicted octanol–water partition coefficient (Wildman–Crippen LogP) is 2.62. The molecule has 0 atom stereocenters. The van der Waals surface area contributed by atoms with E-state index in [4.69, 9.17) is 0 Å². The van der Waals surface area contributed by atoms with Crippen LogP contribution in [0.3, 0.4) is 0 Å². The Morgan fingerprint density at radius 3 is 2.73 bits per heavy atom. The van der Waals surface area contributed by atoms with Crippen molar-refractivity contribution in [2.24, 2.45) is 0 Å². The molecule has 1 aromatic carbocycles. The van der Waals surface area contributed by atoms with E-state index in [1.165, 1.54) is 0 Å². The highest BCUT2D eigenvalue weighted by atomic mass is 14.9. The maximum atomic E-state index is 4.46. The van der Waals surface area contributed by atoms with E-state index in [2.05, 4.69) is 15.0 Å². The number of fused-ring (bicyclic) bond motifs is 1. The molecule has 0 fully saturated rings. The zero-order valence-electron chi connectivity index (χ0n) is 8.01. The second-order valence-corrected chi connectivity index (χ2v) is 3.34. The lowest BCUT2D eigenvalue weighted by atomic mass is 10.2. The Labute approximate surface area is 86.8 Å². The third kappa shape index (κ3) is 1.38. The van der Waals surface area contributed by atoms with E-state index >= 15 is 0 Å². The van der Waals surface area contributed by atoms with E-state index in [0.717, 1.165) is 22.4 Å². The number of hydrogen-bond donors (Lipinski definition) is 1. The molecule has 3 nitrogen and oxygen atoms in total. The van der Waals surface area contributed by atoms with Crippen LogP contribution >= 0.6 is 0 Å². The van der Waals surface area contributed by atoms with E-state index in [1.54, 1.807) is 0 Å². The van der Waals surface area contributed by atoms with Crippen molar-refractivity contribution in [3.8, 4) is 11.4 Å². The Morgan fingerprint density at radius 2 is 1.87 bits per heavy atom. The average Bonchev–Trinajstić information content (AvgIpc) is 2.77. The van der Waals surface area contributed by atoms with Crippen LogP contribution in [0, 0.1) is 0 Å². The number of benzene rings is 1. The van der Waals surface area contributed by atoms with Crippen LogP contribution in [0.25, 0.3) is 22.4 Å². The van der Waals surface area contributed by atoms with Gasteiger partial charge in [0.2, 0.25) is 0 Å². The van der Waals surface area contributed by atoms with Gasteiger partial charge in [-0.1, -0.05) is 30.3 Å². The smallest absolute Gasteiger partial charge is 0.159 e. The van der Waals surface area contributed by atoms with Gasteiger partial charge in [0.1, 0.15) is 0 Å². The normalized spacial score (nSPS) is 10.7. The number of nitrogens with one attached hydrogen (secondary N) is 1. The number of nitrogens with zero attached hydrogens (tertiary/aromatic N) is 2. The highest BCUT2D eigenvalue weighted by Gasteiger charge is 2.01. The van der Waals surface area contributed by atoms with Crippen LogP contribution in [-0.4, -0.2) is 15.0 Å². The first-order valence-electron chi connectivity index (χ1n) is 4.79. The molecular weight excluding hydrogens is 186 g/mol.